The van der Waals surface area contributed by atoms with Gasteiger partial charge in [-0.1, -0.05) is 13.8 Å². The van der Waals surface area contributed by atoms with Gasteiger partial charge in [-0.2, -0.15) is 0 Å². The van der Waals surface area contributed by atoms with Gasteiger partial charge in [0.15, 0.2) is 0 Å². The van der Waals surface area contributed by atoms with Crippen molar-refractivity contribution in [1.29, 1.82) is 0 Å². The second kappa shape index (κ2) is 6.83. The van der Waals surface area contributed by atoms with E-state index in [1.54, 1.807) is 12.1 Å². The standard InChI is InChI=1S/C17H26N2O2/c1-12-10-13(2)14(3)19(11-12)17(20)8-9-21-16-6-4-15(18)5-7-16/h4-7,12-14H,8-11,18H2,1-3H3. The number of piperidine rings is 1. The monoisotopic (exact) mass is 290 g/mol. The molecule has 0 bridgehead atoms. The van der Waals surface area contributed by atoms with E-state index in [1.165, 1.54) is 6.42 Å². The molecule has 0 spiro atoms. The zero-order valence-electron chi connectivity index (χ0n) is 13.2. The van der Waals surface area contributed by atoms with E-state index in [1.807, 2.05) is 17.0 Å². The van der Waals surface area contributed by atoms with E-state index in [-0.39, 0.29) is 5.91 Å². The summed E-state index contributed by atoms with van der Waals surface area (Å²) in [6.45, 7) is 7.87. The molecule has 1 aromatic carbocycles. The maximum atomic E-state index is 12.4. The van der Waals surface area contributed by atoms with Crippen molar-refractivity contribution < 1.29 is 9.53 Å². The van der Waals surface area contributed by atoms with Crippen LogP contribution in [-0.2, 0) is 4.79 Å². The van der Waals surface area contributed by atoms with Gasteiger partial charge in [-0.05, 0) is 49.4 Å². The lowest BCUT2D eigenvalue weighted by atomic mass is 9.86. The third kappa shape index (κ3) is 4.13. The minimum atomic E-state index is 0.191. The molecule has 3 atom stereocenters. The predicted molar refractivity (Wildman–Crippen MR) is 85.1 cm³/mol. The highest BCUT2D eigenvalue weighted by Crippen LogP contribution is 2.27. The number of nitrogens with two attached hydrogens (primary N) is 1. The molecular weight excluding hydrogens is 264 g/mol. The van der Waals surface area contributed by atoms with Crippen LogP contribution in [0.4, 0.5) is 5.69 Å². The Kier molecular flexibility index (Phi) is 5.10. The van der Waals surface area contributed by atoms with E-state index in [0.717, 1.165) is 12.3 Å². The van der Waals surface area contributed by atoms with Crippen LogP contribution in [0.2, 0.25) is 0 Å². The van der Waals surface area contributed by atoms with E-state index in [9.17, 15) is 4.79 Å². The molecule has 3 unspecified atom stereocenters. The Morgan fingerprint density at radius 1 is 1.29 bits per heavy atom. The van der Waals surface area contributed by atoms with E-state index in [4.69, 9.17) is 10.5 Å². The van der Waals surface area contributed by atoms with Crippen LogP contribution in [-0.4, -0.2) is 30.0 Å². The van der Waals surface area contributed by atoms with Crippen molar-refractivity contribution in [2.45, 2.75) is 39.7 Å². The molecule has 1 fully saturated rings. The summed E-state index contributed by atoms with van der Waals surface area (Å²) in [7, 11) is 0. The summed E-state index contributed by atoms with van der Waals surface area (Å²) in [4.78, 5) is 14.4. The predicted octanol–water partition coefficient (Wildman–Crippen LogP) is 2.93. The topological polar surface area (TPSA) is 55.6 Å². The molecule has 4 heteroatoms. The molecular formula is C17H26N2O2. The van der Waals surface area contributed by atoms with Gasteiger partial charge in [0.25, 0.3) is 0 Å². The molecule has 1 aromatic rings. The molecule has 1 aliphatic rings. The van der Waals surface area contributed by atoms with Crippen LogP contribution in [0.1, 0.15) is 33.6 Å². The van der Waals surface area contributed by atoms with Crippen molar-refractivity contribution in [2.24, 2.45) is 11.8 Å². The largest absolute Gasteiger partial charge is 0.493 e. The van der Waals surface area contributed by atoms with Gasteiger partial charge in [0.05, 0.1) is 13.0 Å². The molecule has 1 heterocycles. The highest BCUT2D eigenvalue weighted by Gasteiger charge is 2.31. The second-order valence-corrected chi connectivity index (χ2v) is 6.27. The van der Waals surface area contributed by atoms with Gasteiger partial charge in [0, 0.05) is 18.3 Å². The van der Waals surface area contributed by atoms with E-state index in [2.05, 4.69) is 20.8 Å². The van der Waals surface area contributed by atoms with Crippen LogP contribution in [0.3, 0.4) is 0 Å². The number of amides is 1. The average molecular weight is 290 g/mol. The van der Waals surface area contributed by atoms with Crippen LogP contribution in [0.5, 0.6) is 5.75 Å². The van der Waals surface area contributed by atoms with Crippen molar-refractivity contribution in [1.82, 2.24) is 4.90 Å². The fraction of sp³-hybridized carbons (Fsp3) is 0.588. The highest BCUT2D eigenvalue weighted by atomic mass is 16.5. The summed E-state index contributed by atoms with van der Waals surface area (Å²) in [5.41, 5.74) is 6.34. The maximum absolute atomic E-state index is 12.4. The Morgan fingerprint density at radius 3 is 2.62 bits per heavy atom. The summed E-state index contributed by atoms with van der Waals surface area (Å²) >= 11 is 0. The summed E-state index contributed by atoms with van der Waals surface area (Å²) in [6, 6.07) is 7.58. The number of carbonyl (C=O) groups is 1. The normalized spacial score (nSPS) is 25.7. The van der Waals surface area contributed by atoms with E-state index in [0.29, 0.717) is 36.6 Å². The Labute approximate surface area is 127 Å². The molecule has 0 radical (unpaired) electrons. The zero-order valence-corrected chi connectivity index (χ0v) is 13.2. The molecule has 1 saturated heterocycles. The van der Waals surface area contributed by atoms with Crippen LogP contribution < -0.4 is 10.5 Å². The van der Waals surface area contributed by atoms with Crippen LogP contribution in [0.15, 0.2) is 24.3 Å². The fourth-order valence-corrected chi connectivity index (χ4v) is 3.01. The minimum absolute atomic E-state index is 0.191. The minimum Gasteiger partial charge on any atom is -0.493 e. The van der Waals surface area contributed by atoms with Gasteiger partial charge >= 0.3 is 0 Å². The Morgan fingerprint density at radius 2 is 1.95 bits per heavy atom. The number of anilines is 1. The first kappa shape index (κ1) is 15.7. The molecule has 2 N–H and O–H groups in total. The molecule has 1 amide bonds. The number of benzene rings is 1. The van der Waals surface area contributed by atoms with E-state index >= 15 is 0 Å². The third-order valence-electron chi connectivity index (χ3n) is 4.38. The van der Waals surface area contributed by atoms with Crippen molar-refractivity contribution in [3.63, 3.8) is 0 Å². The number of hydrogen-bond donors (Lipinski definition) is 1. The number of carbonyl (C=O) groups excluding carboxylic acids is 1. The summed E-state index contributed by atoms with van der Waals surface area (Å²) < 4.78 is 5.61. The van der Waals surface area contributed by atoms with Gasteiger partial charge in [-0.3, -0.25) is 4.79 Å². The van der Waals surface area contributed by atoms with Gasteiger partial charge in [-0.15, -0.1) is 0 Å². The number of likely N-dealkylation sites (tertiary alicyclic amines) is 1. The number of nitrogen functional groups attached to an aromatic ring is 1. The highest BCUT2D eigenvalue weighted by molar-refractivity contribution is 5.76. The smallest absolute Gasteiger partial charge is 0.226 e. The number of hydrogen-bond acceptors (Lipinski definition) is 3. The molecule has 1 aliphatic heterocycles. The van der Waals surface area contributed by atoms with Crippen molar-refractivity contribution in [3.05, 3.63) is 24.3 Å². The number of ether oxygens (including phenoxy) is 1. The lowest BCUT2D eigenvalue weighted by molar-refractivity contribution is -0.137. The average Bonchev–Trinajstić information content (AvgIpc) is 2.44. The first-order valence-corrected chi connectivity index (χ1v) is 7.75. The van der Waals surface area contributed by atoms with Crippen LogP contribution in [0, 0.1) is 11.8 Å². The summed E-state index contributed by atoms with van der Waals surface area (Å²) in [5.74, 6) is 2.09. The molecule has 0 saturated carbocycles. The Hall–Kier alpha value is -1.71. The summed E-state index contributed by atoms with van der Waals surface area (Å²) in [5, 5.41) is 0. The third-order valence-corrected chi connectivity index (χ3v) is 4.38. The SMILES string of the molecule is CC1CC(C)C(C)N(C(=O)CCOc2ccc(N)cc2)C1. The van der Waals surface area contributed by atoms with Gasteiger partial charge < -0.3 is 15.4 Å². The first-order chi connectivity index (χ1) is 9.97. The van der Waals surface area contributed by atoms with Gasteiger partial charge in [-0.25, -0.2) is 0 Å². The molecule has 2 rings (SSSR count). The Bertz CT molecular complexity index is 472. The lowest BCUT2D eigenvalue weighted by Crippen LogP contribution is -2.49. The quantitative estimate of drug-likeness (QED) is 0.867. The number of nitrogens with zero attached hydrogens (tertiary/aromatic N) is 1. The molecule has 4 nitrogen and oxygen atoms in total. The maximum Gasteiger partial charge on any atom is 0.226 e. The fourth-order valence-electron chi connectivity index (χ4n) is 3.01. The summed E-state index contributed by atoms with van der Waals surface area (Å²) in [6.07, 6.45) is 1.63. The van der Waals surface area contributed by atoms with Crippen molar-refractivity contribution in [2.75, 3.05) is 18.9 Å². The zero-order chi connectivity index (χ0) is 15.4. The van der Waals surface area contributed by atoms with Crippen LogP contribution in [0.25, 0.3) is 0 Å². The molecule has 0 aromatic heterocycles. The second-order valence-electron chi connectivity index (χ2n) is 6.27. The van der Waals surface area contributed by atoms with Crippen LogP contribution >= 0.6 is 0 Å². The van der Waals surface area contributed by atoms with E-state index < -0.39 is 0 Å². The number of rotatable bonds is 4. The van der Waals surface area contributed by atoms with Crippen molar-refractivity contribution in [3.8, 4) is 5.75 Å². The first-order valence-electron chi connectivity index (χ1n) is 7.75. The molecule has 0 aliphatic carbocycles. The Balaban J connectivity index is 1.82. The van der Waals surface area contributed by atoms with Gasteiger partial charge in [0.2, 0.25) is 5.91 Å². The van der Waals surface area contributed by atoms with Gasteiger partial charge in [0.1, 0.15) is 5.75 Å². The van der Waals surface area contributed by atoms with Crippen molar-refractivity contribution >= 4 is 11.6 Å². The lowest BCUT2D eigenvalue weighted by Gasteiger charge is -2.41. The molecule has 116 valence electrons. The molecule has 21 heavy (non-hydrogen) atoms.